The number of carbonyl (C=O) groups is 1. The molecule has 35 heavy (non-hydrogen) atoms. The number of rotatable bonds is 8. The van der Waals surface area contributed by atoms with Crippen LogP contribution in [0.15, 0.2) is 66.7 Å². The van der Waals surface area contributed by atoms with Crippen molar-refractivity contribution < 1.29 is 14.6 Å². The molecule has 1 amide bonds. The smallest absolute Gasteiger partial charge is 0.228 e. The highest BCUT2D eigenvalue weighted by atomic mass is 35.5. The topological polar surface area (TPSA) is 73.8 Å². The van der Waals surface area contributed by atoms with Crippen molar-refractivity contribution in [1.82, 2.24) is 4.90 Å². The van der Waals surface area contributed by atoms with Crippen molar-refractivity contribution in [2.75, 3.05) is 30.8 Å². The van der Waals surface area contributed by atoms with E-state index in [-0.39, 0.29) is 5.91 Å². The number of aliphatic hydroxyl groups excluding tert-OH is 1. The van der Waals surface area contributed by atoms with E-state index >= 15 is 0 Å². The first-order chi connectivity index (χ1) is 16.9. The van der Waals surface area contributed by atoms with Gasteiger partial charge in [-0.1, -0.05) is 53.5 Å². The molecule has 1 aliphatic heterocycles. The average molecular weight is 514 g/mol. The number of piperidine rings is 1. The minimum absolute atomic E-state index is 0.0589. The summed E-state index contributed by atoms with van der Waals surface area (Å²) >= 11 is 12.4. The number of nitrogens with one attached hydrogen (secondary N) is 2. The van der Waals surface area contributed by atoms with Gasteiger partial charge in [-0.05, 0) is 66.3 Å². The molecule has 4 rings (SSSR count). The Morgan fingerprint density at radius 1 is 1.03 bits per heavy atom. The van der Waals surface area contributed by atoms with Gasteiger partial charge in [-0.25, -0.2) is 0 Å². The van der Waals surface area contributed by atoms with Crippen LogP contribution in [0.1, 0.15) is 29.9 Å². The molecule has 1 saturated heterocycles. The number of hydrogen-bond donors (Lipinski definition) is 3. The van der Waals surface area contributed by atoms with Gasteiger partial charge in [0.05, 0.1) is 29.3 Å². The number of likely N-dealkylation sites (tertiary alicyclic amines) is 1. The van der Waals surface area contributed by atoms with Crippen LogP contribution in [0.4, 0.5) is 11.4 Å². The van der Waals surface area contributed by atoms with E-state index < -0.39 is 6.35 Å². The number of carbonyl (C=O) groups excluding carboxylic acids is 1. The van der Waals surface area contributed by atoms with Gasteiger partial charge in [0.25, 0.3) is 0 Å². The Bertz CT molecular complexity index is 1110. The Balaban J connectivity index is 1.26. The Hall–Kier alpha value is -2.77. The highest BCUT2D eigenvalue weighted by Crippen LogP contribution is 2.32. The van der Waals surface area contributed by atoms with Gasteiger partial charge in [-0.2, -0.15) is 0 Å². The second-order valence-corrected chi connectivity index (χ2v) is 9.43. The van der Waals surface area contributed by atoms with E-state index in [1.807, 2.05) is 41.3 Å². The molecule has 1 unspecified atom stereocenters. The molecule has 0 bridgehead atoms. The van der Waals surface area contributed by atoms with E-state index in [9.17, 15) is 9.90 Å². The summed E-state index contributed by atoms with van der Waals surface area (Å²) in [7, 11) is 1.62. The minimum Gasteiger partial charge on any atom is -0.497 e. The molecule has 3 aromatic rings. The molecule has 0 aromatic heterocycles. The van der Waals surface area contributed by atoms with Crippen LogP contribution in [0.2, 0.25) is 10.0 Å². The predicted octanol–water partition coefficient (Wildman–Crippen LogP) is 5.75. The van der Waals surface area contributed by atoms with Crippen molar-refractivity contribution in [3.63, 3.8) is 0 Å². The molecule has 0 aliphatic carbocycles. The maximum absolute atomic E-state index is 12.4. The van der Waals surface area contributed by atoms with Gasteiger partial charge >= 0.3 is 0 Å². The summed E-state index contributed by atoms with van der Waals surface area (Å²) in [6.45, 7) is 1.47. The van der Waals surface area contributed by atoms with Gasteiger partial charge in [0.15, 0.2) is 6.35 Å². The molecule has 3 aromatic carbocycles. The van der Waals surface area contributed by atoms with Crippen molar-refractivity contribution in [1.29, 1.82) is 0 Å². The van der Waals surface area contributed by atoms with Gasteiger partial charge in [-0.3, -0.25) is 9.69 Å². The van der Waals surface area contributed by atoms with Crippen molar-refractivity contribution >= 4 is 40.5 Å². The van der Waals surface area contributed by atoms with Crippen LogP contribution in [0, 0.1) is 0 Å². The third-order valence-corrected chi connectivity index (χ3v) is 6.93. The monoisotopic (exact) mass is 513 g/mol. The number of hydrogen-bond acceptors (Lipinski definition) is 5. The Kier molecular flexibility index (Phi) is 8.52. The number of ether oxygens (including phenoxy) is 1. The van der Waals surface area contributed by atoms with Gasteiger partial charge < -0.3 is 20.5 Å². The quantitative estimate of drug-likeness (QED) is 0.334. The number of amides is 1. The zero-order valence-electron chi connectivity index (χ0n) is 19.5. The maximum Gasteiger partial charge on any atom is 0.228 e. The van der Waals surface area contributed by atoms with Crippen LogP contribution >= 0.6 is 23.2 Å². The molecule has 1 atom stereocenters. The second kappa shape index (κ2) is 11.8. The van der Waals surface area contributed by atoms with E-state index in [2.05, 4.69) is 22.8 Å². The fraction of sp³-hybridized carbons (Fsp3) is 0.296. The van der Waals surface area contributed by atoms with E-state index in [0.717, 1.165) is 42.9 Å². The van der Waals surface area contributed by atoms with Crippen molar-refractivity contribution in [3.05, 3.63) is 87.9 Å². The summed E-state index contributed by atoms with van der Waals surface area (Å²) < 4.78 is 5.15. The lowest BCUT2D eigenvalue weighted by Crippen LogP contribution is -2.45. The first-order valence-corrected chi connectivity index (χ1v) is 12.3. The largest absolute Gasteiger partial charge is 0.497 e. The Morgan fingerprint density at radius 2 is 1.66 bits per heavy atom. The highest BCUT2D eigenvalue weighted by Gasteiger charge is 2.25. The molecular formula is C27H29Cl2N3O3. The number of halogens is 2. The molecule has 184 valence electrons. The normalized spacial score (nSPS) is 15.4. The van der Waals surface area contributed by atoms with Gasteiger partial charge in [-0.15, -0.1) is 0 Å². The number of aliphatic hydroxyl groups is 1. The number of benzene rings is 3. The SMILES string of the molecule is COc1ccc(CC(=O)Nc2ccc(C3CCN(C(O)Nc4c(Cl)cccc4Cl)CC3)cc2)cc1. The molecule has 1 fully saturated rings. The molecule has 0 spiro atoms. The first kappa shape index (κ1) is 25.3. The number of para-hydroxylation sites is 1. The molecule has 1 heterocycles. The van der Waals surface area contributed by atoms with E-state index in [4.69, 9.17) is 27.9 Å². The summed E-state index contributed by atoms with van der Waals surface area (Å²) in [6.07, 6.45) is 1.27. The second-order valence-electron chi connectivity index (χ2n) is 8.62. The van der Waals surface area contributed by atoms with Crippen LogP contribution in [0.25, 0.3) is 0 Å². The van der Waals surface area contributed by atoms with Crippen LogP contribution in [-0.4, -0.2) is 42.5 Å². The highest BCUT2D eigenvalue weighted by molar-refractivity contribution is 6.39. The predicted molar refractivity (Wildman–Crippen MR) is 141 cm³/mol. The lowest BCUT2D eigenvalue weighted by molar-refractivity contribution is -0.115. The van der Waals surface area contributed by atoms with Crippen LogP contribution < -0.4 is 15.4 Å². The Labute approximate surface area is 215 Å². The van der Waals surface area contributed by atoms with E-state index in [1.165, 1.54) is 5.56 Å². The van der Waals surface area contributed by atoms with E-state index in [1.54, 1.807) is 25.3 Å². The molecule has 1 aliphatic rings. The molecule has 0 saturated carbocycles. The molecule has 6 nitrogen and oxygen atoms in total. The van der Waals surface area contributed by atoms with Crippen LogP contribution in [0.5, 0.6) is 5.75 Å². The summed E-state index contributed by atoms with van der Waals surface area (Å²) in [6, 6.07) is 20.8. The summed E-state index contributed by atoms with van der Waals surface area (Å²) in [4.78, 5) is 14.4. The standard InChI is InChI=1S/C27H29Cl2N3O3/c1-35-22-11-5-18(6-12-22)17-25(33)30-21-9-7-19(8-10-21)20-13-15-32(16-14-20)27(34)31-26-23(28)3-2-4-24(26)29/h2-12,20,27,31,34H,13-17H2,1H3,(H,30,33). The third-order valence-electron chi connectivity index (χ3n) is 6.30. The fourth-order valence-corrected chi connectivity index (χ4v) is 4.81. The van der Waals surface area contributed by atoms with Crippen LogP contribution in [-0.2, 0) is 11.2 Å². The third kappa shape index (κ3) is 6.67. The average Bonchev–Trinajstić information content (AvgIpc) is 2.87. The van der Waals surface area contributed by atoms with E-state index in [0.29, 0.717) is 28.1 Å². The van der Waals surface area contributed by atoms with Crippen molar-refractivity contribution in [3.8, 4) is 5.75 Å². The zero-order valence-corrected chi connectivity index (χ0v) is 21.0. The number of methoxy groups -OCH3 is 1. The fourth-order valence-electron chi connectivity index (χ4n) is 4.31. The van der Waals surface area contributed by atoms with Crippen molar-refractivity contribution in [2.24, 2.45) is 0 Å². The maximum atomic E-state index is 12.4. The summed E-state index contributed by atoms with van der Waals surface area (Å²) in [5.41, 5.74) is 3.48. The molecule has 8 heteroatoms. The summed E-state index contributed by atoms with van der Waals surface area (Å²) in [5.74, 6) is 1.11. The molecule has 3 N–H and O–H groups in total. The summed E-state index contributed by atoms with van der Waals surface area (Å²) in [5, 5.41) is 17.6. The lowest BCUT2D eigenvalue weighted by atomic mass is 9.89. The Morgan fingerprint density at radius 3 is 2.26 bits per heavy atom. The molecular weight excluding hydrogens is 485 g/mol. The van der Waals surface area contributed by atoms with Gasteiger partial charge in [0.1, 0.15) is 5.75 Å². The van der Waals surface area contributed by atoms with Crippen LogP contribution in [0.3, 0.4) is 0 Å². The number of anilines is 2. The van der Waals surface area contributed by atoms with Crippen molar-refractivity contribution in [2.45, 2.75) is 31.5 Å². The number of nitrogens with zero attached hydrogens (tertiary/aromatic N) is 1. The zero-order chi connectivity index (χ0) is 24.8. The molecule has 0 radical (unpaired) electrons. The minimum atomic E-state index is -0.864. The first-order valence-electron chi connectivity index (χ1n) is 11.6. The van der Waals surface area contributed by atoms with Gasteiger partial charge in [0.2, 0.25) is 5.91 Å². The van der Waals surface area contributed by atoms with Gasteiger partial charge in [0, 0.05) is 18.8 Å². The lowest BCUT2D eigenvalue weighted by Gasteiger charge is -2.36.